The van der Waals surface area contributed by atoms with Gasteiger partial charge in [-0.1, -0.05) is 23.4 Å². The predicted octanol–water partition coefficient (Wildman–Crippen LogP) is 3.02. The lowest BCUT2D eigenvalue weighted by Crippen LogP contribution is -2.38. The van der Waals surface area contributed by atoms with Crippen molar-refractivity contribution < 1.29 is 37.1 Å². The Bertz CT molecular complexity index is 1360. The molecule has 182 valence electrons. The zero-order chi connectivity index (χ0) is 24.8. The number of phosphoric acid groups is 1. The van der Waals surface area contributed by atoms with Crippen molar-refractivity contribution in [2.45, 2.75) is 19.6 Å². The van der Waals surface area contributed by atoms with Crippen LogP contribution in [0.2, 0.25) is 0 Å². The maximum atomic E-state index is 13.3. The third-order valence-corrected chi connectivity index (χ3v) is 5.43. The predicted molar refractivity (Wildman–Crippen MR) is 122 cm³/mol. The summed E-state index contributed by atoms with van der Waals surface area (Å²) in [6.07, 6.45) is 2.45. The average molecular weight is 501 g/mol. The number of nitrogens with zero attached hydrogens (tertiary/aromatic N) is 3. The van der Waals surface area contributed by atoms with Gasteiger partial charge in [-0.05, 0) is 35.9 Å². The van der Waals surface area contributed by atoms with Crippen LogP contribution < -0.4 is 15.0 Å². The molecule has 0 fully saturated rings. The van der Waals surface area contributed by atoms with E-state index >= 15 is 0 Å². The van der Waals surface area contributed by atoms with Crippen molar-refractivity contribution in [1.29, 1.82) is 0 Å². The van der Waals surface area contributed by atoms with Crippen molar-refractivity contribution in [3.63, 3.8) is 0 Å². The van der Waals surface area contributed by atoms with E-state index in [1.807, 2.05) is 18.2 Å². The van der Waals surface area contributed by atoms with Gasteiger partial charge in [0.25, 0.3) is 5.82 Å². The van der Waals surface area contributed by atoms with E-state index in [1.54, 1.807) is 30.3 Å². The number of aromatic nitrogens is 3. The molecule has 0 spiro atoms. The summed E-state index contributed by atoms with van der Waals surface area (Å²) in [6.45, 7) is -0.0755. The van der Waals surface area contributed by atoms with Gasteiger partial charge in [-0.3, -0.25) is 5.73 Å². The Morgan fingerprint density at radius 2 is 1.91 bits per heavy atom. The van der Waals surface area contributed by atoms with E-state index in [1.165, 1.54) is 22.9 Å². The minimum absolute atomic E-state index is 0.190. The molecule has 3 heterocycles. The van der Waals surface area contributed by atoms with Crippen LogP contribution in [0.4, 0.5) is 10.2 Å². The van der Waals surface area contributed by atoms with Crippen LogP contribution in [-0.4, -0.2) is 26.5 Å². The van der Waals surface area contributed by atoms with Crippen molar-refractivity contribution in [3.05, 3.63) is 89.6 Å². The zero-order valence-electron chi connectivity index (χ0n) is 18.5. The summed E-state index contributed by atoms with van der Waals surface area (Å²) in [5.41, 5.74) is 8.75. The normalized spacial score (nSPS) is 11.5. The summed E-state index contributed by atoms with van der Waals surface area (Å²) in [5, 5.41) is 4.07. The quantitative estimate of drug-likeness (QED) is 0.221. The molecular formula is C23H23FN4O6P+. The lowest BCUT2D eigenvalue weighted by molar-refractivity contribution is -0.711. The van der Waals surface area contributed by atoms with Crippen LogP contribution in [0.25, 0.3) is 11.3 Å². The Morgan fingerprint density at radius 1 is 1.09 bits per heavy atom. The molecule has 3 aromatic heterocycles. The monoisotopic (exact) mass is 501 g/mol. The molecule has 4 N–H and O–H groups in total. The number of anilines is 1. The van der Waals surface area contributed by atoms with Crippen molar-refractivity contribution >= 4 is 13.6 Å². The minimum atomic E-state index is -4.65. The van der Waals surface area contributed by atoms with Gasteiger partial charge in [-0.25, -0.2) is 23.0 Å². The second-order valence-corrected chi connectivity index (χ2v) is 8.82. The number of hydrogen-bond donors (Lipinski definition) is 3. The van der Waals surface area contributed by atoms with Gasteiger partial charge in [0.1, 0.15) is 11.4 Å². The molecule has 12 heteroatoms. The topological polar surface area (TPSA) is 145 Å². The van der Waals surface area contributed by atoms with Crippen molar-refractivity contribution in [2.75, 3.05) is 12.3 Å². The van der Waals surface area contributed by atoms with Gasteiger partial charge >= 0.3 is 7.82 Å². The summed E-state index contributed by atoms with van der Waals surface area (Å²) < 4.78 is 41.3. The maximum Gasteiger partial charge on any atom is 0.472 e. The molecule has 10 nitrogen and oxygen atoms in total. The van der Waals surface area contributed by atoms with Crippen LogP contribution in [0.1, 0.15) is 17.0 Å². The van der Waals surface area contributed by atoms with Crippen LogP contribution in [0.5, 0.6) is 5.88 Å². The summed E-state index contributed by atoms with van der Waals surface area (Å²) >= 11 is 0. The third-order valence-electron chi connectivity index (χ3n) is 4.98. The van der Waals surface area contributed by atoms with Gasteiger partial charge in [0.05, 0.1) is 24.2 Å². The molecule has 0 atom stereocenters. The lowest BCUT2D eigenvalue weighted by atomic mass is 10.1. The molecule has 4 rings (SSSR count). The Labute approximate surface area is 200 Å². The summed E-state index contributed by atoms with van der Waals surface area (Å²) in [7, 11) is -4.65. The van der Waals surface area contributed by atoms with Crippen molar-refractivity contribution in [3.8, 4) is 17.2 Å². The fraction of sp³-hybridized carbons (Fsp3) is 0.174. The van der Waals surface area contributed by atoms with E-state index in [0.29, 0.717) is 48.0 Å². The van der Waals surface area contributed by atoms with E-state index < -0.39 is 14.6 Å². The number of hydrogen-bond acceptors (Lipinski definition) is 7. The van der Waals surface area contributed by atoms with Gasteiger partial charge in [0.15, 0.2) is 5.76 Å². The first-order chi connectivity index (χ1) is 16.8. The van der Waals surface area contributed by atoms with E-state index in [0.717, 1.165) is 5.56 Å². The SMILES string of the molecule is Nc1c(-c2cc(Cc3cccc(OCCc4cccc(F)c4)n3)no2)ccc[n+]1COP(=O)(O)O. The van der Waals surface area contributed by atoms with Gasteiger partial charge < -0.3 is 19.0 Å². The van der Waals surface area contributed by atoms with E-state index in [4.69, 9.17) is 24.8 Å². The molecule has 1 aromatic carbocycles. The summed E-state index contributed by atoms with van der Waals surface area (Å²) in [5.74, 6) is 0.734. The molecule has 0 aliphatic rings. The van der Waals surface area contributed by atoms with Crippen LogP contribution in [-0.2, 0) is 28.7 Å². The molecule has 0 aliphatic carbocycles. The van der Waals surface area contributed by atoms with Crippen LogP contribution in [0, 0.1) is 5.82 Å². The maximum absolute atomic E-state index is 13.3. The van der Waals surface area contributed by atoms with Gasteiger partial charge in [-0.15, -0.1) is 0 Å². The van der Waals surface area contributed by atoms with Crippen LogP contribution in [0.3, 0.4) is 0 Å². The zero-order valence-corrected chi connectivity index (χ0v) is 19.3. The molecular weight excluding hydrogens is 478 g/mol. The molecule has 0 saturated carbocycles. The Balaban J connectivity index is 1.40. The fourth-order valence-corrected chi connectivity index (χ4v) is 3.61. The first-order valence-electron chi connectivity index (χ1n) is 10.5. The number of ether oxygens (including phenoxy) is 1. The first-order valence-corrected chi connectivity index (χ1v) is 12.1. The molecule has 0 radical (unpaired) electrons. The van der Waals surface area contributed by atoms with E-state index in [-0.39, 0.29) is 11.6 Å². The fourth-order valence-electron chi connectivity index (χ4n) is 3.33. The first kappa shape index (κ1) is 24.5. The number of phosphoric ester groups is 1. The average Bonchev–Trinajstić information content (AvgIpc) is 3.26. The standard InChI is InChI=1S/C23H22FN4O6P/c24-17-5-1-4-16(12-17)9-11-32-22-8-2-6-18(26-22)13-19-14-21(34-27-19)20-7-3-10-28(23(20)25)15-33-35(29,30)31/h1-8,10,12,14,25H,9,11,13,15H2,(H2,29,30,31)/p+1. The van der Waals surface area contributed by atoms with Gasteiger partial charge in [0, 0.05) is 25.0 Å². The number of rotatable bonds is 10. The number of halogens is 1. The number of pyridine rings is 2. The van der Waals surface area contributed by atoms with Gasteiger partial charge in [-0.2, -0.15) is 0 Å². The highest BCUT2D eigenvalue weighted by Gasteiger charge is 2.21. The number of nitrogens with two attached hydrogens (primary N) is 1. The Morgan fingerprint density at radius 3 is 2.71 bits per heavy atom. The molecule has 0 amide bonds. The second-order valence-electron chi connectivity index (χ2n) is 7.58. The molecule has 0 aliphatic heterocycles. The highest BCUT2D eigenvalue weighted by atomic mass is 31.2. The molecule has 4 aromatic rings. The molecule has 0 unspecified atom stereocenters. The van der Waals surface area contributed by atoms with E-state index in [9.17, 15) is 8.96 Å². The Kier molecular flexibility index (Phi) is 7.52. The van der Waals surface area contributed by atoms with Crippen molar-refractivity contribution in [1.82, 2.24) is 10.1 Å². The van der Waals surface area contributed by atoms with Crippen molar-refractivity contribution in [2.24, 2.45) is 0 Å². The second kappa shape index (κ2) is 10.7. The smallest absolute Gasteiger partial charge is 0.472 e. The van der Waals surface area contributed by atoms with Gasteiger partial charge in [0.2, 0.25) is 12.6 Å². The van der Waals surface area contributed by atoms with Crippen LogP contribution in [0.15, 0.2) is 71.4 Å². The molecule has 0 saturated heterocycles. The highest BCUT2D eigenvalue weighted by molar-refractivity contribution is 7.46. The summed E-state index contributed by atoms with van der Waals surface area (Å²) in [6, 6.07) is 16.8. The number of benzene rings is 1. The minimum Gasteiger partial charge on any atom is -0.477 e. The number of nitrogen functional groups attached to an aromatic ring is 1. The lowest BCUT2D eigenvalue weighted by Gasteiger charge is -2.07. The molecule has 35 heavy (non-hydrogen) atoms. The third kappa shape index (κ3) is 6.93. The van der Waals surface area contributed by atoms with Crippen LogP contribution >= 0.6 is 7.82 Å². The summed E-state index contributed by atoms with van der Waals surface area (Å²) in [4.78, 5) is 22.3. The Hall–Kier alpha value is -3.63. The van der Waals surface area contributed by atoms with E-state index in [2.05, 4.69) is 14.7 Å². The molecule has 0 bridgehead atoms. The highest BCUT2D eigenvalue weighted by Crippen LogP contribution is 2.35. The largest absolute Gasteiger partial charge is 0.477 e.